The number of amides is 2. The summed E-state index contributed by atoms with van der Waals surface area (Å²) in [5.74, 6) is -0.584. The molecule has 0 aliphatic carbocycles. The molecule has 0 unspecified atom stereocenters. The standard InChI is InChI=1S/C21H17ClN2O2/c22-17-11-12-18(21(26)23-14-15-7-3-1-4-8-15)19(13-17)24-20(25)16-9-5-2-6-10-16/h1-13H,14H2,(H,23,26)(H,24,25). The predicted octanol–water partition coefficient (Wildman–Crippen LogP) is 4.52. The first kappa shape index (κ1) is 17.7. The van der Waals surface area contributed by atoms with Crippen LogP contribution in [0, 0.1) is 0 Å². The van der Waals surface area contributed by atoms with E-state index in [1.807, 2.05) is 36.4 Å². The Hall–Kier alpha value is -3.11. The minimum atomic E-state index is -0.301. The van der Waals surface area contributed by atoms with Gasteiger partial charge in [-0.2, -0.15) is 0 Å². The Kier molecular flexibility index (Phi) is 5.66. The monoisotopic (exact) mass is 364 g/mol. The van der Waals surface area contributed by atoms with Gasteiger partial charge in [-0.15, -0.1) is 0 Å². The van der Waals surface area contributed by atoms with Crippen LogP contribution >= 0.6 is 11.6 Å². The molecule has 3 rings (SSSR count). The highest BCUT2D eigenvalue weighted by Crippen LogP contribution is 2.22. The summed E-state index contributed by atoms with van der Waals surface area (Å²) in [6.45, 7) is 0.397. The molecule has 4 nitrogen and oxygen atoms in total. The summed E-state index contributed by atoms with van der Waals surface area (Å²) in [4.78, 5) is 25.0. The lowest BCUT2D eigenvalue weighted by atomic mass is 10.1. The molecule has 3 aromatic carbocycles. The highest BCUT2D eigenvalue weighted by Gasteiger charge is 2.15. The van der Waals surface area contributed by atoms with Crippen LogP contribution in [0.25, 0.3) is 0 Å². The van der Waals surface area contributed by atoms with Crippen molar-refractivity contribution >= 4 is 29.1 Å². The quantitative estimate of drug-likeness (QED) is 0.699. The largest absolute Gasteiger partial charge is 0.348 e. The van der Waals surface area contributed by atoms with Crippen LogP contribution in [-0.4, -0.2) is 11.8 Å². The molecule has 0 fully saturated rings. The zero-order valence-electron chi connectivity index (χ0n) is 13.9. The smallest absolute Gasteiger partial charge is 0.255 e. The van der Waals surface area contributed by atoms with Crippen LogP contribution in [0.4, 0.5) is 5.69 Å². The fourth-order valence-electron chi connectivity index (χ4n) is 2.48. The number of anilines is 1. The van der Waals surface area contributed by atoms with Gasteiger partial charge in [0.15, 0.2) is 0 Å². The minimum Gasteiger partial charge on any atom is -0.348 e. The highest BCUT2D eigenvalue weighted by atomic mass is 35.5. The number of benzene rings is 3. The molecule has 0 spiro atoms. The lowest BCUT2D eigenvalue weighted by molar-refractivity contribution is 0.0952. The molecule has 2 amide bonds. The van der Waals surface area contributed by atoms with E-state index in [0.29, 0.717) is 28.4 Å². The zero-order valence-corrected chi connectivity index (χ0v) is 14.7. The summed E-state index contributed by atoms with van der Waals surface area (Å²) in [6, 6.07) is 23.2. The maximum Gasteiger partial charge on any atom is 0.255 e. The maximum atomic E-state index is 12.6. The van der Waals surface area contributed by atoms with Crippen molar-refractivity contribution in [1.29, 1.82) is 0 Å². The first-order chi connectivity index (χ1) is 12.6. The van der Waals surface area contributed by atoms with Crippen LogP contribution in [0.1, 0.15) is 26.3 Å². The molecule has 0 aromatic heterocycles. The van der Waals surface area contributed by atoms with Gasteiger partial charge in [0.25, 0.3) is 11.8 Å². The summed E-state index contributed by atoms with van der Waals surface area (Å²) in [5.41, 5.74) is 2.22. The summed E-state index contributed by atoms with van der Waals surface area (Å²) in [5, 5.41) is 6.06. The molecule has 0 aliphatic rings. The Bertz CT molecular complexity index is 912. The molecule has 0 atom stereocenters. The number of hydrogen-bond donors (Lipinski definition) is 2. The molecule has 0 bridgehead atoms. The number of halogens is 1. The molecule has 5 heteroatoms. The van der Waals surface area contributed by atoms with Crippen molar-refractivity contribution in [1.82, 2.24) is 5.32 Å². The van der Waals surface area contributed by atoms with Crippen molar-refractivity contribution in [3.63, 3.8) is 0 Å². The predicted molar refractivity (Wildman–Crippen MR) is 103 cm³/mol. The molecule has 0 heterocycles. The molecular formula is C21H17ClN2O2. The lowest BCUT2D eigenvalue weighted by Gasteiger charge is -2.12. The van der Waals surface area contributed by atoms with Gasteiger partial charge in [-0.1, -0.05) is 60.1 Å². The Morgan fingerprint density at radius 3 is 2.15 bits per heavy atom. The van der Waals surface area contributed by atoms with Crippen LogP contribution in [0.3, 0.4) is 0 Å². The van der Waals surface area contributed by atoms with Crippen molar-refractivity contribution in [2.75, 3.05) is 5.32 Å². The van der Waals surface area contributed by atoms with Gasteiger partial charge in [0.05, 0.1) is 11.3 Å². The topological polar surface area (TPSA) is 58.2 Å². The Balaban J connectivity index is 1.77. The molecule has 3 aromatic rings. The Morgan fingerprint density at radius 2 is 1.46 bits per heavy atom. The SMILES string of the molecule is O=C(Nc1cc(Cl)ccc1C(=O)NCc1ccccc1)c1ccccc1. The second-order valence-corrected chi connectivity index (χ2v) is 6.11. The van der Waals surface area contributed by atoms with Gasteiger partial charge >= 0.3 is 0 Å². The van der Waals surface area contributed by atoms with Crippen LogP contribution < -0.4 is 10.6 Å². The number of carbonyl (C=O) groups excluding carboxylic acids is 2. The number of rotatable bonds is 5. The van der Waals surface area contributed by atoms with Crippen molar-refractivity contribution in [2.45, 2.75) is 6.54 Å². The number of carbonyl (C=O) groups is 2. The fraction of sp³-hybridized carbons (Fsp3) is 0.0476. The Labute approximate surface area is 156 Å². The van der Waals surface area contributed by atoms with Crippen molar-refractivity contribution < 1.29 is 9.59 Å². The molecule has 130 valence electrons. The van der Waals surface area contributed by atoms with E-state index in [9.17, 15) is 9.59 Å². The van der Waals surface area contributed by atoms with Gasteiger partial charge in [-0.25, -0.2) is 0 Å². The van der Waals surface area contributed by atoms with E-state index in [-0.39, 0.29) is 11.8 Å². The fourth-order valence-corrected chi connectivity index (χ4v) is 2.65. The highest BCUT2D eigenvalue weighted by molar-refractivity contribution is 6.31. The van der Waals surface area contributed by atoms with Crippen LogP contribution in [0.15, 0.2) is 78.9 Å². The molecule has 0 radical (unpaired) electrons. The van der Waals surface area contributed by atoms with Gasteiger partial charge < -0.3 is 10.6 Å². The average molecular weight is 365 g/mol. The second kappa shape index (κ2) is 8.32. The molecular weight excluding hydrogens is 348 g/mol. The van der Waals surface area contributed by atoms with Crippen LogP contribution in [0.2, 0.25) is 5.02 Å². The second-order valence-electron chi connectivity index (χ2n) is 5.68. The van der Waals surface area contributed by atoms with Gasteiger partial charge in [0.2, 0.25) is 0 Å². The molecule has 0 saturated heterocycles. The van der Waals surface area contributed by atoms with Crippen LogP contribution in [-0.2, 0) is 6.54 Å². The summed E-state index contributed by atoms with van der Waals surface area (Å²) < 4.78 is 0. The maximum absolute atomic E-state index is 12.6. The third-order valence-corrected chi connectivity index (χ3v) is 4.04. The van der Waals surface area contributed by atoms with Gasteiger partial charge in [0, 0.05) is 17.1 Å². The molecule has 0 saturated carbocycles. The summed E-state index contributed by atoms with van der Waals surface area (Å²) >= 11 is 6.04. The summed E-state index contributed by atoms with van der Waals surface area (Å²) in [6.07, 6.45) is 0. The van der Waals surface area contributed by atoms with E-state index in [2.05, 4.69) is 10.6 Å². The molecule has 26 heavy (non-hydrogen) atoms. The third kappa shape index (κ3) is 4.49. The van der Waals surface area contributed by atoms with E-state index in [1.165, 1.54) is 0 Å². The van der Waals surface area contributed by atoms with Gasteiger partial charge in [0.1, 0.15) is 0 Å². The van der Waals surface area contributed by atoms with E-state index >= 15 is 0 Å². The van der Waals surface area contributed by atoms with Crippen molar-refractivity contribution in [3.05, 3.63) is 101 Å². The van der Waals surface area contributed by atoms with E-state index in [1.54, 1.807) is 42.5 Å². The summed E-state index contributed by atoms with van der Waals surface area (Å²) in [7, 11) is 0. The first-order valence-electron chi connectivity index (χ1n) is 8.11. The number of hydrogen-bond acceptors (Lipinski definition) is 2. The van der Waals surface area contributed by atoms with Crippen molar-refractivity contribution in [3.8, 4) is 0 Å². The van der Waals surface area contributed by atoms with Crippen molar-refractivity contribution in [2.24, 2.45) is 0 Å². The average Bonchev–Trinajstić information content (AvgIpc) is 2.68. The molecule has 0 aliphatic heterocycles. The lowest BCUT2D eigenvalue weighted by Crippen LogP contribution is -2.25. The normalized spacial score (nSPS) is 10.2. The zero-order chi connectivity index (χ0) is 18.4. The third-order valence-electron chi connectivity index (χ3n) is 3.81. The van der Waals surface area contributed by atoms with E-state index in [4.69, 9.17) is 11.6 Å². The van der Waals surface area contributed by atoms with Crippen LogP contribution in [0.5, 0.6) is 0 Å². The Morgan fingerprint density at radius 1 is 0.808 bits per heavy atom. The minimum absolute atomic E-state index is 0.283. The van der Waals surface area contributed by atoms with E-state index in [0.717, 1.165) is 5.56 Å². The van der Waals surface area contributed by atoms with E-state index < -0.39 is 0 Å². The molecule has 2 N–H and O–H groups in total. The van der Waals surface area contributed by atoms with Gasteiger partial charge in [-0.3, -0.25) is 9.59 Å². The van der Waals surface area contributed by atoms with Gasteiger partial charge in [-0.05, 0) is 35.9 Å². The first-order valence-corrected chi connectivity index (χ1v) is 8.49. The number of nitrogens with one attached hydrogen (secondary N) is 2.